The Morgan fingerprint density at radius 1 is 0.933 bits per heavy atom. The first-order chi connectivity index (χ1) is 14.3. The molecule has 7 heteroatoms. The Balaban J connectivity index is 1.91. The van der Waals surface area contributed by atoms with Gasteiger partial charge < -0.3 is 5.32 Å². The monoisotopic (exact) mass is 413 g/mol. The van der Waals surface area contributed by atoms with Gasteiger partial charge in [-0.2, -0.15) is 0 Å². The molecule has 0 aliphatic rings. The fraction of sp³-hybridized carbons (Fsp3) is 0.261. The number of aryl methyl sites for hydroxylation is 3. The van der Waals surface area contributed by atoms with E-state index in [-0.39, 0.29) is 12.2 Å². The molecule has 30 heavy (non-hydrogen) atoms. The molecular weight excluding hydrogens is 391 g/mol. The fourth-order valence-electron chi connectivity index (χ4n) is 3.22. The van der Waals surface area contributed by atoms with E-state index in [1.165, 1.54) is 18.2 Å². The van der Waals surface area contributed by atoms with E-state index in [1.54, 1.807) is 6.07 Å². The summed E-state index contributed by atoms with van der Waals surface area (Å²) in [7, 11) is 0. The second kappa shape index (κ2) is 9.07. The minimum Gasteiger partial charge on any atom is -0.309 e. The molecule has 156 valence electrons. The quantitative estimate of drug-likeness (QED) is 0.606. The predicted molar refractivity (Wildman–Crippen MR) is 110 cm³/mol. The van der Waals surface area contributed by atoms with Crippen molar-refractivity contribution in [1.82, 2.24) is 9.97 Å². The standard InChI is InChI=1S/C23H22F3N3O/c1-4-19-22(16-8-7-15(24)10-13(16)3)27-20(5-2)23(28-19)29-21(30)12-14-6-9-17(25)18(26)11-14/h6-11H,4-5,12H2,1-3H3,(H,28,29,30). The summed E-state index contributed by atoms with van der Waals surface area (Å²) in [6, 6.07) is 7.85. The maximum Gasteiger partial charge on any atom is 0.229 e. The second-order valence-corrected chi connectivity index (χ2v) is 6.95. The van der Waals surface area contributed by atoms with Crippen molar-refractivity contribution in [3.05, 3.63) is 76.4 Å². The number of carbonyl (C=O) groups is 1. The lowest BCUT2D eigenvalue weighted by Gasteiger charge is -2.15. The molecule has 2 aromatic carbocycles. The molecule has 0 unspecified atom stereocenters. The third-order valence-electron chi connectivity index (χ3n) is 4.76. The van der Waals surface area contributed by atoms with Crippen LogP contribution in [0.25, 0.3) is 11.3 Å². The zero-order valence-electron chi connectivity index (χ0n) is 17.0. The average molecular weight is 413 g/mol. The van der Waals surface area contributed by atoms with Crippen molar-refractivity contribution in [2.75, 3.05) is 5.32 Å². The van der Waals surface area contributed by atoms with E-state index in [0.717, 1.165) is 23.3 Å². The van der Waals surface area contributed by atoms with E-state index in [1.807, 2.05) is 20.8 Å². The summed E-state index contributed by atoms with van der Waals surface area (Å²) in [4.78, 5) is 21.7. The van der Waals surface area contributed by atoms with Crippen LogP contribution in [0.4, 0.5) is 19.0 Å². The topological polar surface area (TPSA) is 54.9 Å². The first kappa shape index (κ1) is 21.5. The van der Waals surface area contributed by atoms with E-state index >= 15 is 0 Å². The molecule has 1 amide bonds. The van der Waals surface area contributed by atoms with Crippen LogP contribution in [0, 0.1) is 24.4 Å². The van der Waals surface area contributed by atoms with Gasteiger partial charge in [0.1, 0.15) is 5.82 Å². The van der Waals surface area contributed by atoms with Crippen molar-refractivity contribution in [2.24, 2.45) is 0 Å². The molecule has 0 spiro atoms. The molecule has 4 nitrogen and oxygen atoms in total. The van der Waals surface area contributed by atoms with Crippen LogP contribution in [0.3, 0.4) is 0 Å². The van der Waals surface area contributed by atoms with Gasteiger partial charge in [0.25, 0.3) is 0 Å². The number of hydrogen-bond acceptors (Lipinski definition) is 3. The van der Waals surface area contributed by atoms with Gasteiger partial charge in [-0.3, -0.25) is 4.79 Å². The van der Waals surface area contributed by atoms with Crippen molar-refractivity contribution in [1.29, 1.82) is 0 Å². The lowest BCUT2D eigenvalue weighted by molar-refractivity contribution is -0.115. The van der Waals surface area contributed by atoms with E-state index in [0.29, 0.717) is 41.3 Å². The molecule has 1 aromatic heterocycles. The van der Waals surface area contributed by atoms with Gasteiger partial charge in [-0.15, -0.1) is 0 Å². The fourth-order valence-corrected chi connectivity index (χ4v) is 3.22. The highest BCUT2D eigenvalue weighted by Crippen LogP contribution is 2.28. The second-order valence-electron chi connectivity index (χ2n) is 6.95. The molecule has 0 saturated carbocycles. The third-order valence-corrected chi connectivity index (χ3v) is 4.76. The maximum absolute atomic E-state index is 13.5. The molecule has 0 bridgehead atoms. The summed E-state index contributed by atoms with van der Waals surface area (Å²) in [5.74, 6) is -2.35. The Hall–Kier alpha value is -3.22. The largest absolute Gasteiger partial charge is 0.309 e. The highest BCUT2D eigenvalue weighted by molar-refractivity contribution is 5.92. The van der Waals surface area contributed by atoms with Gasteiger partial charge in [0, 0.05) is 5.56 Å². The Morgan fingerprint density at radius 2 is 1.67 bits per heavy atom. The molecule has 0 aliphatic heterocycles. The lowest BCUT2D eigenvalue weighted by Crippen LogP contribution is -2.18. The predicted octanol–water partition coefficient (Wildman–Crippen LogP) is 5.18. The van der Waals surface area contributed by atoms with Crippen LogP contribution in [-0.2, 0) is 24.1 Å². The van der Waals surface area contributed by atoms with E-state index in [4.69, 9.17) is 4.98 Å². The number of hydrogen-bond donors (Lipinski definition) is 1. The SMILES string of the molecule is CCc1nc(-c2ccc(F)cc2C)c(CC)nc1NC(=O)Cc1ccc(F)c(F)c1. The van der Waals surface area contributed by atoms with Gasteiger partial charge in [0.2, 0.25) is 5.91 Å². The number of carbonyl (C=O) groups excluding carboxylic acids is 1. The Labute approximate surface area is 173 Å². The van der Waals surface area contributed by atoms with Crippen LogP contribution >= 0.6 is 0 Å². The summed E-state index contributed by atoms with van der Waals surface area (Å²) in [5, 5.41) is 2.73. The van der Waals surface area contributed by atoms with Crippen LogP contribution in [0.15, 0.2) is 36.4 Å². The van der Waals surface area contributed by atoms with Gasteiger partial charge >= 0.3 is 0 Å². The number of rotatable bonds is 6. The van der Waals surface area contributed by atoms with Gasteiger partial charge in [0.15, 0.2) is 17.5 Å². The number of amides is 1. The van der Waals surface area contributed by atoms with E-state index < -0.39 is 17.5 Å². The van der Waals surface area contributed by atoms with Gasteiger partial charge in [-0.05, 0) is 61.2 Å². The molecule has 1 N–H and O–H groups in total. The number of anilines is 1. The molecule has 0 atom stereocenters. The minimum absolute atomic E-state index is 0.123. The zero-order valence-corrected chi connectivity index (χ0v) is 17.0. The van der Waals surface area contributed by atoms with Crippen LogP contribution in [-0.4, -0.2) is 15.9 Å². The van der Waals surface area contributed by atoms with Gasteiger partial charge in [-0.25, -0.2) is 23.1 Å². The number of aromatic nitrogens is 2. The number of benzene rings is 2. The summed E-state index contributed by atoms with van der Waals surface area (Å²) in [6.45, 7) is 5.62. The van der Waals surface area contributed by atoms with Gasteiger partial charge in [0.05, 0.1) is 23.5 Å². The molecule has 3 aromatic rings. The zero-order chi connectivity index (χ0) is 21.8. The van der Waals surface area contributed by atoms with Gasteiger partial charge in [-0.1, -0.05) is 19.9 Å². The molecule has 1 heterocycles. The van der Waals surface area contributed by atoms with Crippen LogP contribution < -0.4 is 5.32 Å². The molecule has 3 rings (SSSR count). The van der Waals surface area contributed by atoms with E-state index in [9.17, 15) is 18.0 Å². The molecule has 0 aliphatic carbocycles. The molecular formula is C23H22F3N3O. The van der Waals surface area contributed by atoms with Crippen molar-refractivity contribution in [3.63, 3.8) is 0 Å². The highest BCUT2D eigenvalue weighted by atomic mass is 19.2. The Morgan fingerprint density at radius 3 is 2.30 bits per heavy atom. The summed E-state index contributed by atoms with van der Waals surface area (Å²) < 4.78 is 40.0. The average Bonchev–Trinajstić information content (AvgIpc) is 2.70. The number of nitrogens with one attached hydrogen (secondary N) is 1. The van der Waals surface area contributed by atoms with E-state index in [2.05, 4.69) is 10.3 Å². The smallest absolute Gasteiger partial charge is 0.229 e. The maximum atomic E-state index is 13.5. The summed E-state index contributed by atoms with van der Waals surface area (Å²) in [6.07, 6.45) is 0.961. The van der Waals surface area contributed by atoms with Crippen molar-refractivity contribution >= 4 is 11.7 Å². The summed E-state index contributed by atoms with van der Waals surface area (Å²) >= 11 is 0. The Kier molecular flexibility index (Phi) is 6.50. The van der Waals surface area contributed by atoms with Crippen LogP contribution in [0.5, 0.6) is 0 Å². The van der Waals surface area contributed by atoms with Crippen LogP contribution in [0.2, 0.25) is 0 Å². The normalized spacial score (nSPS) is 10.9. The lowest BCUT2D eigenvalue weighted by atomic mass is 10.0. The highest BCUT2D eigenvalue weighted by Gasteiger charge is 2.17. The van der Waals surface area contributed by atoms with Crippen molar-refractivity contribution < 1.29 is 18.0 Å². The Bertz CT molecular complexity index is 1100. The molecule has 0 saturated heterocycles. The number of halogens is 3. The van der Waals surface area contributed by atoms with Crippen LogP contribution in [0.1, 0.15) is 36.4 Å². The third kappa shape index (κ3) is 4.67. The first-order valence-electron chi connectivity index (χ1n) is 9.72. The minimum atomic E-state index is -0.998. The molecule has 0 radical (unpaired) electrons. The number of nitrogens with zero attached hydrogens (tertiary/aromatic N) is 2. The first-order valence-corrected chi connectivity index (χ1v) is 9.72. The van der Waals surface area contributed by atoms with Crippen molar-refractivity contribution in [2.45, 2.75) is 40.0 Å². The summed E-state index contributed by atoms with van der Waals surface area (Å²) in [5.41, 5.74) is 3.80. The molecule has 0 fully saturated rings. The van der Waals surface area contributed by atoms with Crippen molar-refractivity contribution in [3.8, 4) is 11.3 Å².